The Kier molecular flexibility index (Phi) is 3.28. The van der Waals surface area contributed by atoms with Gasteiger partial charge in [-0.1, -0.05) is 23.5 Å². The van der Waals surface area contributed by atoms with Gasteiger partial charge in [-0.15, -0.1) is 0 Å². The van der Waals surface area contributed by atoms with Crippen LogP contribution in [0.4, 0.5) is 5.69 Å². The van der Waals surface area contributed by atoms with Crippen LogP contribution in [0.2, 0.25) is 0 Å². The highest BCUT2D eigenvalue weighted by Crippen LogP contribution is 2.31. The predicted molar refractivity (Wildman–Crippen MR) is 96.8 cm³/mol. The molecule has 0 bridgehead atoms. The Morgan fingerprint density at radius 3 is 2.67 bits per heavy atom. The lowest BCUT2D eigenvalue weighted by molar-refractivity contribution is -0.116. The summed E-state index contributed by atoms with van der Waals surface area (Å²) in [5.74, 6) is 0.261. The van der Waals surface area contributed by atoms with Crippen molar-refractivity contribution < 1.29 is 9.90 Å². The molecule has 4 rings (SSSR count). The molecule has 1 amide bonds. The summed E-state index contributed by atoms with van der Waals surface area (Å²) in [6, 6.07) is 13.1. The van der Waals surface area contributed by atoms with Crippen LogP contribution in [0.5, 0.6) is 5.75 Å². The number of amides is 1. The van der Waals surface area contributed by atoms with Crippen molar-refractivity contribution in [2.45, 2.75) is 6.92 Å². The molecule has 120 valence electrons. The van der Waals surface area contributed by atoms with Gasteiger partial charge in [0.05, 0.1) is 15.9 Å². The molecule has 1 N–H and O–H groups in total. The van der Waals surface area contributed by atoms with Crippen LogP contribution in [0, 0.1) is 0 Å². The quantitative estimate of drug-likeness (QED) is 0.603. The average Bonchev–Trinajstić information content (AvgIpc) is 3.11. The molecule has 2 aromatic carbocycles. The van der Waals surface area contributed by atoms with Gasteiger partial charge in [0, 0.05) is 31.4 Å². The van der Waals surface area contributed by atoms with Gasteiger partial charge in [-0.3, -0.25) is 9.20 Å². The van der Waals surface area contributed by atoms with Gasteiger partial charge in [-0.2, -0.15) is 0 Å². The lowest BCUT2D eigenvalue weighted by Crippen LogP contribution is -2.22. The number of aromatic hydroxyl groups is 1. The van der Waals surface area contributed by atoms with E-state index in [1.165, 1.54) is 0 Å². The lowest BCUT2D eigenvalue weighted by Gasteiger charge is -2.14. The third-order valence-electron chi connectivity index (χ3n) is 4.10. The van der Waals surface area contributed by atoms with E-state index in [-0.39, 0.29) is 11.7 Å². The number of phenols is 1. The number of carbonyl (C=O) groups is 1. The fourth-order valence-electron chi connectivity index (χ4n) is 2.67. The molecule has 2 heterocycles. The van der Waals surface area contributed by atoms with Crippen LogP contribution in [0.3, 0.4) is 0 Å². The lowest BCUT2D eigenvalue weighted by atomic mass is 10.1. The van der Waals surface area contributed by atoms with Gasteiger partial charge in [0.15, 0.2) is 4.96 Å². The number of hydrogen-bond acceptors (Lipinski definition) is 4. The second-order valence-electron chi connectivity index (χ2n) is 5.66. The zero-order chi connectivity index (χ0) is 16.8. The van der Waals surface area contributed by atoms with Crippen LogP contribution >= 0.6 is 11.3 Å². The Morgan fingerprint density at radius 1 is 1.21 bits per heavy atom. The van der Waals surface area contributed by atoms with Crippen molar-refractivity contribution in [2.75, 3.05) is 11.9 Å². The highest BCUT2D eigenvalue weighted by molar-refractivity contribution is 7.23. The Hall–Kier alpha value is -2.86. The van der Waals surface area contributed by atoms with Crippen LogP contribution in [-0.2, 0) is 4.79 Å². The summed E-state index contributed by atoms with van der Waals surface area (Å²) < 4.78 is 3.03. The van der Waals surface area contributed by atoms with E-state index in [0.29, 0.717) is 0 Å². The van der Waals surface area contributed by atoms with E-state index in [1.807, 2.05) is 40.9 Å². The maximum absolute atomic E-state index is 11.4. The Balaban J connectivity index is 1.75. The summed E-state index contributed by atoms with van der Waals surface area (Å²) in [7, 11) is 1.76. The maximum atomic E-state index is 11.4. The van der Waals surface area contributed by atoms with Gasteiger partial charge in [-0.05, 0) is 30.3 Å². The normalized spacial score (nSPS) is 11.2. The first-order valence-electron chi connectivity index (χ1n) is 7.48. The van der Waals surface area contributed by atoms with E-state index in [9.17, 15) is 9.90 Å². The number of carbonyl (C=O) groups excluding carboxylic acids is 1. The molecule has 4 aromatic rings. The highest BCUT2D eigenvalue weighted by atomic mass is 32.1. The fraction of sp³-hybridized carbons (Fsp3) is 0.111. The number of phenolic OH excluding ortho intramolecular Hbond substituents is 1. The Bertz CT molecular complexity index is 1060. The van der Waals surface area contributed by atoms with Crippen molar-refractivity contribution >= 4 is 38.1 Å². The third-order valence-corrected chi connectivity index (χ3v) is 5.12. The zero-order valence-corrected chi connectivity index (χ0v) is 14.0. The summed E-state index contributed by atoms with van der Waals surface area (Å²) in [6.45, 7) is 1.54. The number of anilines is 1. The van der Waals surface area contributed by atoms with Crippen LogP contribution in [0.25, 0.3) is 26.4 Å². The van der Waals surface area contributed by atoms with Gasteiger partial charge < -0.3 is 10.0 Å². The van der Waals surface area contributed by atoms with E-state index < -0.39 is 0 Å². The predicted octanol–water partition coefficient (Wildman–Crippen LogP) is 3.90. The van der Waals surface area contributed by atoms with Crippen molar-refractivity contribution in [1.82, 2.24) is 9.38 Å². The minimum Gasteiger partial charge on any atom is -0.508 e. The van der Waals surface area contributed by atoms with E-state index in [2.05, 4.69) is 4.98 Å². The Morgan fingerprint density at radius 2 is 1.96 bits per heavy atom. The van der Waals surface area contributed by atoms with Crippen LogP contribution < -0.4 is 4.90 Å². The average molecular weight is 337 g/mol. The summed E-state index contributed by atoms with van der Waals surface area (Å²) in [5.41, 5.74) is 3.76. The molecule has 2 aromatic heterocycles. The molecular weight excluding hydrogens is 322 g/mol. The van der Waals surface area contributed by atoms with Crippen molar-refractivity contribution in [1.29, 1.82) is 0 Å². The summed E-state index contributed by atoms with van der Waals surface area (Å²) >= 11 is 1.54. The van der Waals surface area contributed by atoms with E-state index in [0.717, 1.165) is 32.1 Å². The van der Waals surface area contributed by atoms with E-state index >= 15 is 0 Å². The second kappa shape index (κ2) is 5.35. The first kappa shape index (κ1) is 14.7. The molecule has 0 fully saturated rings. The number of fused-ring (bicyclic) bond motifs is 3. The monoisotopic (exact) mass is 337 g/mol. The minimum absolute atomic E-state index is 0.0000206. The molecule has 0 saturated heterocycles. The highest BCUT2D eigenvalue weighted by Gasteiger charge is 2.11. The van der Waals surface area contributed by atoms with Crippen LogP contribution in [0.15, 0.2) is 48.7 Å². The van der Waals surface area contributed by atoms with Gasteiger partial charge >= 0.3 is 0 Å². The molecule has 0 aliphatic rings. The van der Waals surface area contributed by atoms with E-state index in [4.69, 9.17) is 0 Å². The largest absolute Gasteiger partial charge is 0.508 e. The number of benzene rings is 2. The topological polar surface area (TPSA) is 57.8 Å². The molecule has 0 spiro atoms. The third kappa shape index (κ3) is 2.32. The molecule has 0 aliphatic heterocycles. The molecule has 24 heavy (non-hydrogen) atoms. The minimum atomic E-state index is -0.0000206. The standard InChI is InChI=1S/C18H15N3O2S/c1-11(22)20(2)13-5-3-12(4-6-13)15-10-21-16-8-7-14(23)9-17(16)24-18(21)19-15/h3-10,23H,1-2H3. The zero-order valence-electron chi connectivity index (χ0n) is 13.2. The van der Waals surface area contributed by atoms with Crippen molar-refractivity contribution in [3.63, 3.8) is 0 Å². The number of rotatable bonds is 2. The number of aromatic nitrogens is 2. The summed E-state index contributed by atoms with van der Waals surface area (Å²) in [6.07, 6.45) is 1.99. The molecular formula is C18H15N3O2S. The maximum Gasteiger partial charge on any atom is 0.223 e. The molecule has 5 nitrogen and oxygen atoms in total. The van der Waals surface area contributed by atoms with Gasteiger partial charge in [0.1, 0.15) is 5.75 Å². The number of hydrogen-bond donors (Lipinski definition) is 1. The SMILES string of the molecule is CC(=O)N(C)c1ccc(-c2cn3c(n2)sc2cc(O)ccc23)cc1. The molecule has 0 unspecified atom stereocenters. The second-order valence-corrected chi connectivity index (χ2v) is 6.67. The summed E-state index contributed by atoms with van der Waals surface area (Å²) in [5, 5.41) is 9.58. The molecule has 0 saturated carbocycles. The van der Waals surface area contributed by atoms with Gasteiger partial charge in [0.2, 0.25) is 5.91 Å². The molecule has 6 heteroatoms. The van der Waals surface area contributed by atoms with Crippen molar-refractivity contribution in [2.24, 2.45) is 0 Å². The Labute approximate surface area is 142 Å². The smallest absolute Gasteiger partial charge is 0.223 e. The number of thiazole rings is 1. The van der Waals surface area contributed by atoms with E-state index in [1.54, 1.807) is 42.3 Å². The van der Waals surface area contributed by atoms with Gasteiger partial charge in [0.25, 0.3) is 0 Å². The first-order valence-corrected chi connectivity index (χ1v) is 8.30. The fourth-order valence-corrected chi connectivity index (χ4v) is 3.71. The van der Waals surface area contributed by atoms with Crippen molar-refractivity contribution in [3.8, 4) is 17.0 Å². The molecule has 0 radical (unpaired) electrons. The molecule has 0 atom stereocenters. The van der Waals surface area contributed by atoms with Crippen LogP contribution in [0.1, 0.15) is 6.92 Å². The van der Waals surface area contributed by atoms with Crippen LogP contribution in [-0.4, -0.2) is 27.4 Å². The van der Waals surface area contributed by atoms with Crippen molar-refractivity contribution in [3.05, 3.63) is 48.7 Å². The number of nitrogens with zero attached hydrogens (tertiary/aromatic N) is 3. The first-order chi connectivity index (χ1) is 11.5. The molecule has 0 aliphatic carbocycles. The number of imidazole rings is 1. The summed E-state index contributed by atoms with van der Waals surface area (Å²) in [4.78, 5) is 18.6. The van der Waals surface area contributed by atoms with Gasteiger partial charge in [-0.25, -0.2) is 4.98 Å².